The average Bonchev–Trinajstić information content (AvgIpc) is 2.51. The van der Waals surface area contributed by atoms with Gasteiger partial charge in [-0.25, -0.2) is 0 Å². The lowest BCUT2D eigenvalue weighted by atomic mass is 10.1. The van der Waals surface area contributed by atoms with Crippen molar-refractivity contribution in [2.24, 2.45) is 12.8 Å². The van der Waals surface area contributed by atoms with Crippen LogP contribution in [-0.2, 0) is 7.05 Å². The summed E-state index contributed by atoms with van der Waals surface area (Å²) in [6.45, 7) is 4.22. The maximum absolute atomic E-state index is 11.7. The summed E-state index contributed by atoms with van der Waals surface area (Å²) in [4.78, 5) is 11.7. The molecule has 0 aromatic carbocycles. The average molecular weight is 195 g/mol. The number of nitrogens with one attached hydrogen (secondary N) is 1. The molecule has 0 aliphatic heterocycles. The molecule has 1 rings (SSSR count). The number of hydrogen-bond acceptors (Lipinski definition) is 2. The van der Waals surface area contributed by atoms with Gasteiger partial charge in [0.2, 0.25) is 0 Å². The molecule has 0 spiro atoms. The lowest BCUT2D eigenvalue weighted by molar-refractivity contribution is 0.0915. The molecule has 1 amide bonds. The Morgan fingerprint density at radius 2 is 2.29 bits per heavy atom. The number of hydrogen-bond donors (Lipinski definition) is 2. The molecule has 0 atom stereocenters. The van der Waals surface area contributed by atoms with Crippen LogP contribution in [0.2, 0.25) is 0 Å². The van der Waals surface area contributed by atoms with Gasteiger partial charge in [-0.1, -0.05) is 0 Å². The van der Waals surface area contributed by atoms with E-state index in [4.69, 9.17) is 5.73 Å². The number of carbonyl (C=O) groups excluding carboxylic acids is 1. The SMILES string of the molecule is Cn1ccc(C(=O)NC(C)(C)CN)c1. The monoisotopic (exact) mass is 195 g/mol. The molecule has 0 aliphatic rings. The van der Waals surface area contributed by atoms with Crippen LogP contribution in [0.25, 0.3) is 0 Å². The molecule has 4 heteroatoms. The van der Waals surface area contributed by atoms with Crippen molar-refractivity contribution in [1.29, 1.82) is 0 Å². The van der Waals surface area contributed by atoms with E-state index >= 15 is 0 Å². The molecule has 0 saturated carbocycles. The van der Waals surface area contributed by atoms with Crippen LogP contribution in [0, 0.1) is 0 Å². The zero-order valence-corrected chi connectivity index (χ0v) is 8.87. The van der Waals surface area contributed by atoms with E-state index in [2.05, 4.69) is 5.32 Å². The quantitative estimate of drug-likeness (QED) is 0.737. The summed E-state index contributed by atoms with van der Waals surface area (Å²) in [5.41, 5.74) is 5.82. The van der Waals surface area contributed by atoms with E-state index in [9.17, 15) is 4.79 Å². The third-order valence-corrected chi connectivity index (χ3v) is 2.06. The summed E-state index contributed by atoms with van der Waals surface area (Å²) in [6.07, 6.45) is 3.62. The molecule has 1 heterocycles. The van der Waals surface area contributed by atoms with Gasteiger partial charge in [-0.15, -0.1) is 0 Å². The van der Waals surface area contributed by atoms with E-state index in [1.165, 1.54) is 0 Å². The van der Waals surface area contributed by atoms with Crippen molar-refractivity contribution in [3.63, 3.8) is 0 Å². The van der Waals surface area contributed by atoms with Gasteiger partial charge in [-0.05, 0) is 19.9 Å². The van der Waals surface area contributed by atoms with Gasteiger partial charge in [0.25, 0.3) is 5.91 Å². The van der Waals surface area contributed by atoms with Crippen LogP contribution in [-0.4, -0.2) is 22.6 Å². The summed E-state index contributed by atoms with van der Waals surface area (Å²) in [6, 6.07) is 1.78. The van der Waals surface area contributed by atoms with Gasteiger partial charge in [0.05, 0.1) is 5.56 Å². The summed E-state index contributed by atoms with van der Waals surface area (Å²) in [5.74, 6) is -0.0824. The Labute approximate surface area is 84.1 Å². The highest BCUT2D eigenvalue weighted by Gasteiger charge is 2.19. The van der Waals surface area contributed by atoms with Gasteiger partial charge < -0.3 is 15.6 Å². The molecule has 3 N–H and O–H groups in total. The van der Waals surface area contributed by atoms with E-state index in [1.54, 1.807) is 12.3 Å². The van der Waals surface area contributed by atoms with Crippen LogP contribution in [0.5, 0.6) is 0 Å². The first-order valence-corrected chi connectivity index (χ1v) is 4.59. The first kappa shape index (κ1) is 10.8. The number of nitrogens with two attached hydrogens (primary N) is 1. The highest BCUT2D eigenvalue weighted by Crippen LogP contribution is 2.04. The number of rotatable bonds is 3. The Bertz CT molecular complexity index is 328. The maximum Gasteiger partial charge on any atom is 0.253 e. The van der Waals surface area contributed by atoms with Gasteiger partial charge >= 0.3 is 0 Å². The summed E-state index contributed by atoms with van der Waals surface area (Å²) >= 11 is 0. The molecular formula is C10H17N3O. The summed E-state index contributed by atoms with van der Waals surface area (Å²) < 4.78 is 1.84. The van der Waals surface area contributed by atoms with Crippen LogP contribution in [0.3, 0.4) is 0 Å². The summed E-state index contributed by atoms with van der Waals surface area (Å²) in [5, 5.41) is 2.86. The fourth-order valence-corrected chi connectivity index (χ4v) is 1.07. The standard InChI is InChI=1S/C10H17N3O/c1-10(2,7-11)12-9(14)8-4-5-13(3)6-8/h4-6H,7,11H2,1-3H3,(H,12,14). The first-order chi connectivity index (χ1) is 6.44. The number of amides is 1. The van der Waals surface area contributed by atoms with Crippen LogP contribution in [0.15, 0.2) is 18.5 Å². The molecule has 0 aliphatic carbocycles. The number of aromatic nitrogens is 1. The second-order valence-corrected chi connectivity index (χ2v) is 4.11. The zero-order chi connectivity index (χ0) is 10.8. The molecule has 78 valence electrons. The van der Waals surface area contributed by atoms with Crippen molar-refractivity contribution in [3.8, 4) is 0 Å². The second-order valence-electron chi connectivity index (χ2n) is 4.11. The maximum atomic E-state index is 11.7. The Hall–Kier alpha value is -1.29. The van der Waals surface area contributed by atoms with E-state index in [1.807, 2.05) is 31.7 Å². The highest BCUT2D eigenvalue weighted by molar-refractivity contribution is 5.94. The zero-order valence-electron chi connectivity index (χ0n) is 8.87. The van der Waals surface area contributed by atoms with Gasteiger partial charge in [0.15, 0.2) is 0 Å². The molecule has 14 heavy (non-hydrogen) atoms. The lowest BCUT2D eigenvalue weighted by Gasteiger charge is -2.23. The Morgan fingerprint density at radius 1 is 1.64 bits per heavy atom. The minimum atomic E-state index is -0.354. The van der Waals surface area contributed by atoms with Gasteiger partial charge in [0, 0.05) is 31.5 Å². The molecule has 0 unspecified atom stereocenters. The predicted octanol–water partition coefficient (Wildman–Crippen LogP) is 0.492. The van der Waals surface area contributed by atoms with Gasteiger partial charge in [-0.3, -0.25) is 4.79 Å². The van der Waals surface area contributed by atoms with E-state index in [0.29, 0.717) is 12.1 Å². The van der Waals surface area contributed by atoms with E-state index < -0.39 is 0 Å². The fraction of sp³-hybridized carbons (Fsp3) is 0.500. The summed E-state index contributed by atoms with van der Waals surface area (Å²) in [7, 11) is 1.88. The van der Waals surface area contributed by atoms with Crippen molar-refractivity contribution in [2.45, 2.75) is 19.4 Å². The number of nitrogens with zero attached hydrogens (tertiary/aromatic N) is 1. The van der Waals surface area contributed by atoms with Crippen molar-refractivity contribution in [2.75, 3.05) is 6.54 Å². The lowest BCUT2D eigenvalue weighted by Crippen LogP contribution is -2.48. The molecule has 0 radical (unpaired) electrons. The Kier molecular flexibility index (Phi) is 2.96. The third-order valence-electron chi connectivity index (χ3n) is 2.06. The van der Waals surface area contributed by atoms with Crippen LogP contribution < -0.4 is 11.1 Å². The van der Waals surface area contributed by atoms with Crippen LogP contribution >= 0.6 is 0 Å². The molecular weight excluding hydrogens is 178 g/mol. The normalized spacial score (nSPS) is 11.4. The molecule has 0 fully saturated rings. The minimum absolute atomic E-state index is 0.0824. The molecule has 4 nitrogen and oxygen atoms in total. The van der Waals surface area contributed by atoms with Crippen molar-refractivity contribution >= 4 is 5.91 Å². The largest absolute Gasteiger partial charge is 0.356 e. The highest BCUT2D eigenvalue weighted by atomic mass is 16.1. The fourth-order valence-electron chi connectivity index (χ4n) is 1.07. The van der Waals surface area contributed by atoms with E-state index in [-0.39, 0.29) is 11.4 Å². The minimum Gasteiger partial charge on any atom is -0.356 e. The topological polar surface area (TPSA) is 60.0 Å². The third kappa shape index (κ3) is 2.60. The van der Waals surface area contributed by atoms with E-state index in [0.717, 1.165) is 0 Å². The van der Waals surface area contributed by atoms with Crippen LogP contribution in [0.4, 0.5) is 0 Å². The first-order valence-electron chi connectivity index (χ1n) is 4.59. The molecule has 1 aromatic heterocycles. The van der Waals surface area contributed by atoms with Crippen molar-refractivity contribution in [1.82, 2.24) is 9.88 Å². The number of carbonyl (C=O) groups is 1. The predicted molar refractivity (Wildman–Crippen MR) is 56.0 cm³/mol. The van der Waals surface area contributed by atoms with Crippen LogP contribution in [0.1, 0.15) is 24.2 Å². The Morgan fingerprint density at radius 3 is 2.71 bits per heavy atom. The second kappa shape index (κ2) is 3.84. The van der Waals surface area contributed by atoms with Gasteiger partial charge in [-0.2, -0.15) is 0 Å². The van der Waals surface area contributed by atoms with Crippen molar-refractivity contribution < 1.29 is 4.79 Å². The Balaban J connectivity index is 2.68. The van der Waals surface area contributed by atoms with Gasteiger partial charge in [0.1, 0.15) is 0 Å². The van der Waals surface area contributed by atoms with Crippen molar-refractivity contribution in [3.05, 3.63) is 24.0 Å². The molecule has 0 saturated heterocycles. The molecule has 0 bridgehead atoms. The smallest absolute Gasteiger partial charge is 0.253 e. The number of aryl methyl sites for hydroxylation is 1. The molecule has 1 aromatic rings.